The molecule has 1 saturated carbocycles. The highest BCUT2D eigenvalue weighted by Crippen LogP contribution is 2.31. The first-order valence-corrected chi connectivity index (χ1v) is 15.2. The van der Waals surface area contributed by atoms with Crippen LogP contribution in [-0.4, -0.2) is 76.6 Å². The van der Waals surface area contributed by atoms with Gasteiger partial charge >= 0.3 is 6.03 Å². The molecule has 2 aromatic heterocycles. The van der Waals surface area contributed by atoms with Crippen LogP contribution in [0.25, 0.3) is 16.9 Å². The number of methoxy groups -OCH3 is 1. The van der Waals surface area contributed by atoms with Crippen LogP contribution < -0.4 is 21.5 Å². The molecule has 5 rings (SSSR count). The Balaban J connectivity index is 1.43. The standard InChI is InChI=1S/C32H43N7O4/c1-21-18-38(15-16-43-4)20-27(21)34-32(42)35-29-22(2)28(36-39(29)25-13-9-6-10-14-25)23-17-26(31(41)37(3)19-23)30(40)33-24-11-7-5-8-12-24/h6,9-10,13-14,17,19,21,24,27H,5,7-8,11-12,15-16,18,20H2,1-4H3,(H,33,40)(H2,34,35,42)/t21-,27-/m1/s1. The molecule has 2 fully saturated rings. The number of carbonyl (C=O) groups excluding carboxylic acids is 2. The topological polar surface area (TPSA) is 123 Å². The SMILES string of the molecule is COCCN1C[C@@H](C)[C@H](NC(=O)Nc2c(C)c(-c3cc(C(=O)NC4CCCCC4)c(=O)n(C)c3)nn2-c2ccccc2)C1. The molecule has 0 bridgehead atoms. The summed E-state index contributed by atoms with van der Waals surface area (Å²) in [6.07, 6.45) is 6.86. The van der Waals surface area contributed by atoms with E-state index in [2.05, 4.69) is 27.8 Å². The van der Waals surface area contributed by atoms with Crippen molar-refractivity contribution in [1.29, 1.82) is 0 Å². The maximum absolute atomic E-state index is 13.3. The van der Waals surface area contributed by atoms with Crippen molar-refractivity contribution in [2.45, 2.75) is 58.0 Å². The Kier molecular flexibility index (Phi) is 9.62. The molecule has 1 aromatic carbocycles. The molecule has 2 atom stereocenters. The molecule has 230 valence electrons. The van der Waals surface area contributed by atoms with Gasteiger partial charge in [0.05, 0.1) is 18.0 Å². The maximum atomic E-state index is 13.3. The quantitative estimate of drug-likeness (QED) is 0.350. The highest BCUT2D eigenvalue weighted by molar-refractivity contribution is 5.95. The summed E-state index contributed by atoms with van der Waals surface area (Å²) in [5.74, 6) is 0.446. The lowest BCUT2D eigenvalue weighted by atomic mass is 9.95. The minimum atomic E-state index is -0.363. The molecule has 1 aliphatic heterocycles. The van der Waals surface area contributed by atoms with Gasteiger partial charge in [0.2, 0.25) is 0 Å². The normalized spacial score (nSPS) is 19.3. The number of carbonyl (C=O) groups is 2. The number of anilines is 1. The fourth-order valence-electron chi connectivity index (χ4n) is 6.16. The lowest BCUT2D eigenvalue weighted by Gasteiger charge is -2.22. The Labute approximate surface area is 252 Å². The summed E-state index contributed by atoms with van der Waals surface area (Å²) in [6.45, 7) is 7.14. The number of aromatic nitrogens is 3. The number of nitrogens with one attached hydrogen (secondary N) is 3. The van der Waals surface area contributed by atoms with E-state index in [1.807, 2.05) is 37.3 Å². The fraction of sp³-hybridized carbons (Fsp3) is 0.500. The van der Waals surface area contributed by atoms with Gasteiger partial charge in [0.1, 0.15) is 11.4 Å². The highest BCUT2D eigenvalue weighted by atomic mass is 16.5. The van der Waals surface area contributed by atoms with E-state index in [0.717, 1.165) is 56.6 Å². The Hall–Kier alpha value is -3.96. The van der Waals surface area contributed by atoms with Crippen molar-refractivity contribution < 1.29 is 14.3 Å². The molecule has 3 amide bonds. The van der Waals surface area contributed by atoms with E-state index in [0.29, 0.717) is 29.6 Å². The number of pyridine rings is 1. The van der Waals surface area contributed by atoms with E-state index in [1.165, 1.54) is 11.0 Å². The maximum Gasteiger partial charge on any atom is 0.320 e. The van der Waals surface area contributed by atoms with Gasteiger partial charge in [0, 0.05) is 63.2 Å². The predicted octanol–water partition coefficient (Wildman–Crippen LogP) is 3.70. The molecule has 11 heteroatoms. The third-order valence-electron chi connectivity index (χ3n) is 8.61. The van der Waals surface area contributed by atoms with Crippen molar-refractivity contribution in [3.63, 3.8) is 0 Å². The average molecular weight is 590 g/mol. The summed E-state index contributed by atoms with van der Waals surface area (Å²) >= 11 is 0. The summed E-state index contributed by atoms with van der Waals surface area (Å²) < 4.78 is 8.33. The molecule has 43 heavy (non-hydrogen) atoms. The van der Waals surface area contributed by atoms with Crippen LogP contribution in [0.15, 0.2) is 47.4 Å². The van der Waals surface area contributed by atoms with Crippen molar-refractivity contribution in [3.05, 3.63) is 64.1 Å². The Morgan fingerprint density at radius 3 is 2.53 bits per heavy atom. The molecule has 3 aromatic rings. The van der Waals surface area contributed by atoms with Crippen LogP contribution in [0.4, 0.5) is 10.6 Å². The van der Waals surface area contributed by atoms with Gasteiger partial charge in [-0.1, -0.05) is 44.4 Å². The number of hydrogen-bond acceptors (Lipinski definition) is 6. The van der Waals surface area contributed by atoms with Gasteiger partial charge in [-0.25, -0.2) is 9.48 Å². The van der Waals surface area contributed by atoms with Crippen LogP contribution in [0, 0.1) is 12.8 Å². The van der Waals surface area contributed by atoms with Crippen molar-refractivity contribution in [2.24, 2.45) is 13.0 Å². The van der Waals surface area contributed by atoms with Gasteiger partial charge in [-0.15, -0.1) is 0 Å². The molecule has 0 spiro atoms. The number of para-hydroxylation sites is 1. The van der Waals surface area contributed by atoms with Crippen molar-refractivity contribution in [2.75, 3.05) is 38.7 Å². The summed E-state index contributed by atoms with van der Waals surface area (Å²) in [7, 11) is 3.33. The molecular weight excluding hydrogens is 546 g/mol. The first-order chi connectivity index (χ1) is 20.7. The highest BCUT2D eigenvalue weighted by Gasteiger charge is 2.31. The van der Waals surface area contributed by atoms with E-state index in [-0.39, 0.29) is 35.1 Å². The second-order valence-corrected chi connectivity index (χ2v) is 11.9. The van der Waals surface area contributed by atoms with Crippen LogP contribution in [-0.2, 0) is 11.8 Å². The number of ether oxygens (including phenoxy) is 1. The zero-order chi connectivity index (χ0) is 30.5. The monoisotopic (exact) mass is 589 g/mol. The molecule has 0 radical (unpaired) electrons. The fourth-order valence-corrected chi connectivity index (χ4v) is 6.16. The summed E-state index contributed by atoms with van der Waals surface area (Å²) in [5, 5.41) is 14.1. The van der Waals surface area contributed by atoms with Crippen LogP contribution >= 0.6 is 0 Å². The number of nitrogens with zero attached hydrogens (tertiary/aromatic N) is 4. The summed E-state index contributed by atoms with van der Waals surface area (Å²) in [4.78, 5) is 41.9. The minimum Gasteiger partial charge on any atom is -0.383 e. The van der Waals surface area contributed by atoms with Crippen LogP contribution in [0.3, 0.4) is 0 Å². The first-order valence-electron chi connectivity index (χ1n) is 15.2. The van der Waals surface area contributed by atoms with Gasteiger partial charge in [0.15, 0.2) is 0 Å². The third-order valence-corrected chi connectivity index (χ3v) is 8.61. The number of amides is 3. The molecule has 11 nitrogen and oxygen atoms in total. The largest absolute Gasteiger partial charge is 0.383 e. The second kappa shape index (κ2) is 13.6. The number of hydrogen-bond donors (Lipinski definition) is 3. The number of benzene rings is 1. The molecule has 1 saturated heterocycles. The Morgan fingerprint density at radius 2 is 1.81 bits per heavy atom. The smallest absolute Gasteiger partial charge is 0.320 e. The lowest BCUT2D eigenvalue weighted by molar-refractivity contribution is 0.0925. The van der Waals surface area contributed by atoms with Crippen LogP contribution in [0.5, 0.6) is 0 Å². The van der Waals surface area contributed by atoms with Gasteiger partial charge in [-0.3, -0.25) is 19.8 Å². The number of likely N-dealkylation sites (tertiary alicyclic amines) is 1. The number of rotatable bonds is 9. The first kappa shape index (κ1) is 30.5. The third kappa shape index (κ3) is 7.00. The Morgan fingerprint density at radius 1 is 1.07 bits per heavy atom. The van der Waals surface area contributed by atoms with Gasteiger partial charge in [-0.05, 0) is 43.9 Å². The van der Waals surface area contributed by atoms with Crippen LogP contribution in [0.2, 0.25) is 0 Å². The molecule has 1 aliphatic carbocycles. The van der Waals surface area contributed by atoms with E-state index < -0.39 is 0 Å². The second-order valence-electron chi connectivity index (χ2n) is 11.9. The predicted molar refractivity (Wildman–Crippen MR) is 167 cm³/mol. The van der Waals surface area contributed by atoms with E-state index >= 15 is 0 Å². The van der Waals surface area contributed by atoms with Gasteiger partial charge in [0.25, 0.3) is 11.5 Å². The lowest BCUT2D eigenvalue weighted by Crippen LogP contribution is -2.42. The Bertz CT molecular complexity index is 1490. The molecule has 0 unspecified atom stereocenters. The number of aryl methyl sites for hydroxylation is 1. The van der Waals surface area contributed by atoms with E-state index in [1.54, 1.807) is 31.1 Å². The molecule has 3 heterocycles. The summed E-state index contributed by atoms with van der Waals surface area (Å²) in [6, 6.07) is 10.9. The molecule has 3 N–H and O–H groups in total. The van der Waals surface area contributed by atoms with Gasteiger partial charge in [-0.2, -0.15) is 5.10 Å². The van der Waals surface area contributed by atoms with Crippen molar-refractivity contribution in [1.82, 2.24) is 29.9 Å². The average Bonchev–Trinajstić information content (AvgIpc) is 3.52. The molecule has 2 aliphatic rings. The number of urea groups is 1. The van der Waals surface area contributed by atoms with Gasteiger partial charge < -0.3 is 19.9 Å². The zero-order valence-electron chi connectivity index (χ0n) is 25.6. The van der Waals surface area contributed by atoms with Crippen molar-refractivity contribution in [3.8, 4) is 16.9 Å². The molecular formula is C32H43N7O4. The van der Waals surface area contributed by atoms with E-state index in [9.17, 15) is 14.4 Å². The summed E-state index contributed by atoms with van der Waals surface area (Å²) in [5.41, 5.74) is 2.40. The van der Waals surface area contributed by atoms with Crippen LogP contribution in [0.1, 0.15) is 54.9 Å². The van der Waals surface area contributed by atoms with Crippen molar-refractivity contribution >= 4 is 17.8 Å². The van der Waals surface area contributed by atoms with E-state index in [4.69, 9.17) is 9.84 Å². The zero-order valence-corrected chi connectivity index (χ0v) is 25.6. The minimum absolute atomic E-state index is 0.00128.